The van der Waals surface area contributed by atoms with Crippen LogP contribution >= 0.6 is 22.9 Å². The van der Waals surface area contributed by atoms with Gasteiger partial charge in [0, 0.05) is 4.88 Å². The van der Waals surface area contributed by atoms with Gasteiger partial charge in [-0.15, -0.1) is 22.9 Å². The van der Waals surface area contributed by atoms with E-state index >= 15 is 0 Å². The summed E-state index contributed by atoms with van der Waals surface area (Å²) in [5.74, 6) is 0.473. The Balaban J connectivity index is 2.34. The van der Waals surface area contributed by atoms with Crippen molar-refractivity contribution in [2.24, 2.45) is 0 Å². The average Bonchev–Trinajstić information content (AvgIpc) is 2.97. The van der Waals surface area contributed by atoms with Gasteiger partial charge in [0.15, 0.2) is 0 Å². The quantitative estimate of drug-likeness (QED) is 0.790. The lowest BCUT2D eigenvalue weighted by Crippen LogP contribution is -2.31. The first-order chi connectivity index (χ1) is 9.26. The van der Waals surface area contributed by atoms with Crippen molar-refractivity contribution in [3.05, 3.63) is 46.7 Å². The molecule has 100 valence electrons. The Morgan fingerprint density at radius 1 is 1.32 bits per heavy atom. The van der Waals surface area contributed by atoms with E-state index in [1.54, 1.807) is 23.3 Å². The lowest BCUT2D eigenvalue weighted by Gasteiger charge is -2.23. The monoisotopic (exact) mass is 295 g/mol. The predicted octanol–water partition coefficient (Wildman–Crippen LogP) is 3.53. The van der Waals surface area contributed by atoms with Crippen LogP contribution in [0.25, 0.3) is 0 Å². The SMILES string of the molecule is COc1ccccc1N(Cc1cccs1)C(=O)CCl. The largest absolute Gasteiger partial charge is 0.495 e. The number of hydrogen-bond donors (Lipinski definition) is 0. The zero-order valence-electron chi connectivity index (χ0n) is 10.5. The van der Waals surface area contributed by atoms with E-state index < -0.39 is 0 Å². The summed E-state index contributed by atoms with van der Waals surface area (Å²) in [4.78, 5) is 14.8. The fourth-order valence-corrected chi connectivity index (χ4v) is 2.63. The molecule has 0 saturated heterocycles. The number of amides is 1. The highest BCUT2D eigenvalue weighted by Gasteiger charge is 2.19. The van der Waals surface area contributed by atoms with E-state index in [1.165, 1.54) is 0 Å². The second-order valence-electron chi connectivity index (χ2n) is 3.86. The third-order valence-corrected chi connectivity index (χ3v) is 3.78. The van der Waals surface area contributed by atoms with Gasteiger partial charge in [-0.05, 0) is 23.6 Å². The molecule has 0 radical (unpaired) electrons. The predicted molar refractivity (Wildman–Crippen MR) is 79.2 cm³/mol. The van der Waals surface area contributed by atoms with Gasteiger partial charge in [0.25, 0.3) is 0 Å². The summed E-state index contributed by atoms with van der Waals surface area (Å²) < 4.78 is 5.31. The molecule has 0 aliphatic rings. The van der Waals surface area contributed by atoms with Crippen molar-refractivity contribution in [2.45, 2.75) is 6.54 Å². The minimum atomic E-state index is -0.139. The first-order valence-corrected chi connectivity index (χ1v) is 7.19. The lowest BCUT2D eigenvalue weighted by atomic mass is 10.2. The van der Waals surface area contributed by atoms with Crippen LogP contribution in [0.15, 0.2) is 41.8 Å². The third-order valence-electron chi connectivity index (χ3n) is 2.69. The molecule has 0 atom stereocenters. The molecule has 0 saturated carbocycles. The molecule has 1 aromatic carbocycles. The minimum absolute atomic E-state index is 0.0522. The molecule has 1 aromatic heterocycles. The van der Waals surface area contributed by atoms with Crippen LogP contribution < -0.4 is 9.64 Å². The Morgan fingerprint density at radius 3 is 2.74 bits per heavy atom. The number of para-hydroxylation sites is 2. The van der Waals surface area contributed by atoms with Crippen LogP contribution in [-0.4, -0.2) is 18.9 Å². The maximum absolute atomic E-state index is 12.0. The minimum Gasteiger partial charge on any atom is -0.495 e. The molecule has 19 heavy (non-hydrogen) atoms. The van der Waals surface area contributed by atoms with Gasteiger partial charge >= 0.3 is 0 Å². The van der Waals surface area contributed by atoms with Crippen LogP contribution in [0.3, 0.4) is 0 Å². The number of methoxy groups -OCH3 is 1. The van der Waals surface area contributed by atoms with Crippen molar-refractivity contribution >= 4 is 34.5 Å². The van der Waals surface area contributed by atoms with E-state index in [1.807, 2.05) is 41.8 Å². The molecule has 2 aromatic rings. The zero-order valence-corrected chi connectivity index (χ0v) is 12.1. The summed E-state index contributed by atoms with van der Waals surface area (Å²) in [5.41, 5.74) is 0.740. The van der Waals surface area contributed by atoms with Crippen molar-refractivity contribution in [1.29, 1.82) is 0 Å². The number of alkyl halides is 1. The van der Waals surface area contributed by atoms with Crippen molar-refractivity contribution in [1.82, 2.24) is 0 Å². The molecule has 1 amide bonds. The maximum atomic E-state index is 12.0. The van der Waals surface area contributed by atoms with Gasteiger partial charge in [0.05, 0.1) is 19.3 Å². The van der Waals surface area contributed by atoms with Crippen LogP contribution in [0, 0.1) is 0 Å². The van der Waals surface area contributed by atoms with E-state index in [-0.39, 0.29) is 11.8 Å². The number of carbonyl (C=O) groups excluding carboxylic acids is 1. The number of anilines is 1. The van der Waals surface area contributed by atoms with Gasteiger partial charge in [-0.3, -0.25) is 4.79 Å². The molecule has 0 spiro atoms. The standard InChI is InChI=1S/C14H14ClNO2S/c1-18-13-7-3-2-6-12(13)16(14(17)9-15)10-11-5-4-8-19-11/h2-8H,9-10H2,1H3. The topological polar surface area (TPSA) is 29.5 Å². The summed E-state index contributed by atoms with van der Waals surface area (Å²) in [5, 5.41) is 1.99. The molecule has 3 nitrogen and oxygen atoms in total. The fourth-order valence-electron chi connectivity index (χ4n) is 1.79. The summed E-state index contributed by atoms with van der Waals surface area (Å²) in [6, 6.07) is 11.4. The van der Waals surface area contributed by atoms with Gasteiger partial charge in [-0.25, -0.2) is 0 Å². The molecule has 0 aliphatic carbocycles. The molecule has 0 N–H and O–H groups in total. The van der Waals surface area contributed by atoms with Crippen LogP contribution in [0.1, 0.15) is 4.88 Å². The van der Waals surface area contributed by atoms with Crippen molar-refractivity contribution in [3.8, 4) is 5.75 Å². The highest BCUT2D eigenvalue weighted by molar-refractivity contribution is 7.09. The van der Waals surface area contributed by atoms with Crippen molar-refractivity contribution in [2.75, 3.05) is 17.9 Å². The molecule has 5 heteroatoms. The summed E-state index contributed by atoms with van der Waals surface area (Å²) in [6.45, 7) is 0.504. The molecular formula is C14H14ClNO2S. The van der Waals surface area contributed by atoms with E-state index in [0.717, 1.165) is 10.6 Å². The summed E-state index contributed by atoms with van der Waals surface area (Å²) >= 11 is 7.31. The number of thiophene rings is 1. The van der Waals surface area contributed by atoms with Crippen LogP contribution in [0.5, 0.6) is 5.75 Å². The molecule has 0 fully saturated rings. The van der Waals surface area contributed by atoms with Gasteiger partial charge < -0.3 is 9.64 Å². The molecule has 2 rings (SSSR count). The Bertz CT molecular complexity index is 542. The Labute approximate surface area is 121 Å². The van der Waals surface area contributed by atoms with Crippen molar-refractivity contribution < 1.29 is 9.53 Å². The second kappa shape index (κ2) is 6.59. The first-order valence-electron chi connectivity index (χ1n) is 5.78. The Kier molecular flexibility index (Phi) is 4.82. The van der Waals surface area contributed by atoms with Crippen LogP contribution in [-0.2, 0) is 11.3 Å². The fraction of sp³-hybridized carbons (Fsp3) is 0.214. The van der Waals surface area contributed by atoms with E-state index in [9.17, 15) is 4.79 Å². The lowest BCUT2D eigenvalue weighted by molar-refractivity contribution is -0.116. The Morgan fingerprint density at radius 2 is 2.11 bits per heavy atom. The summed E-state index contributed by atoms with van der Waals surface area (Å²) in [7, 11) is 1.59. The van der Waals surface area contributed by atoms with Crippen LogP contribution in [0.4, 0.5) is 5.69 Å². The third kappa shape index (κ3) is 3.28. The molecule has 1 heterocycles. The van der Waals surface area contributed by atoms with Gasteiger partial charge in [0.2, 0.25) is 5.91 Å². The zero-order chi connectivity index (χ0) is 13.7. The van der Waals surface area contributed by atoms with E-state index in [4.69, 9.17) is 16.3 Å². The number of hydrogen-bond acceptors (Lipinski definition) is 3. The van der Waals surface area contributed by atoms with Gasteiger partial charge in [0.1, 0.15) is 11.6 Å². The smallest absolute Gasteiger partial charge is 0.242 e. The molecule has 0 bridgehead atoms. The van der Waals surface area contributed by atoms with Crippen LogP contribution in [0.2, 0.25) is 0 Å². The number of rotatable bonds is 5. The maximum Gasteiger partial charge on any atom is 0.242 e. The normalized spacial score (nSPS) is 10.2. The second-order valence-corrected chi connectivity index (χ2v) is 5.16. The van der Waals surface area contributed by atoms with Crippen molar-refractivity contribution in [3.63, 3.8) is 0 Å². The first kappa shape index (κ1) is 13.9. The molecular weight excluding hydrogens is 282 g/mol. The van der Waals surface area contributed by atoms with E-state index in [2.05, 4.69) is 0 Å². The van der Waals surface area contributed by atoms with Gasteiger partial charge in [-0.1, -0.05) is 18.2 Å². The number of benzene rings is 1. The highest BCUT2D eigenvalue weighted by Crippen LogP contribution is 2.29. The van der Waals surface area contributed by atoms with E-state index in [0.29, 0.717) is 12.3 Å². The number of nitrogens with zero attached hydrogens (tertiary/aromatic N) is 1. The summed E-state index contributed by atoms with van der Waals surface area (Å²) in [6.07, 6.45) is 0. The molecule has 0 unspecified atom stereocenters. The average molecular weight is 296 g/mol. The number of halogens is 1. The van der Waals surface area contributed by atoms with Gasteiger partial charge in [-0.2, -0.15) is 0 Å². The highest BCUT2D eigenvalue weighted by atomic mass is 35.5. The number of carbonyl (C=O) groups is 1. The number of ether oxygens (including phenoxy) is 1. The molecule has 0 aliphatic heterocycles. The Hall–Kier alpha value is -1.52.